The second kappa shape index (κ2) is 4.92. The third-order valence-corrected chi connectivity index (χ3v) is 8.57. The van der Waals surface area contributed by atoms with Gasteiger partial charge >= 0.3 is 0 Å². The third kappa shape index (κ3) is 3.19. The minimum Gasteiger partial charge on any atom is -0.411 e. The molecule has 0 amide bonds. The average Bonchev–Trinajstić information content (AvgIpc) is 2.67. The fourth-order valence-electron chi connectivity index (χ4n) is 1.60. The van der Waals surface area contributed by atoms with Crippen LogP contribution < -0.4 is 0 Å². The largest absolute Gasteiger partial charge is 0.411 e. The maximum atomic E-state index is 6.19. The summed E-state index contributed by atoms with van der Waals surface area (Å²) in [6, 6.07) is 3.97. The van der Waals surface area contributed by atoms with Gasteiger partial charge in [0.15, 0.2) is 8.32 Å². The first-order valence-corrected chi connectivity index (χ1v) is 9.75. The summed E-state index contributed by atoms with van der Waals surface area (Å²) in [6.45, 7) is 11.8. The molecule has 104 valence electrons. The summed E-state index contributed by atoms with van der Waals surface area (Å²) < 4.78 is 6.19. The van der Waals surface area contributed by atoms with Gasteiger partial charge in [-0.25, -0.2) is 4.98 Å². The molecule has 0 aliphatic heterocycles. The van der Waals surface area contributed by atoms with Gasteiger partial charge in [-0.3, -0.25) is 0 Å². The Kier molecular flexibility index (Phi) is 3.77. The van der Waals surface area contributed by atoms with Gasteiger partial charge < -0.3 is 9.41 Å². The Balaban J connectivity index is 2.14. The first kappa shape index (κ1) is 14.6. The van der Waals surface area contributed by atoms with E-state index in [9.17, 15) is 0 Å². The smallest absolute Gasteiger partial charge is 0.192 e. The van der Waals surface area contributed by atoms with Crippen molar-refractivity contribution in [2.45, 2.75) is 45.5 Å². The second-order valence-electron chi connectivity index (χ2n) is 6.43. The Morgan fingerprint density at radius 1 is 1.32 bits per heavy atom. The highest BCUT2D eigenvalue weighted by Crippen LogP contribution is 2.37. The predicted octanol–water partition coefficient (Wildman–Crippen LogP) is 4.74. The molecule has 0 atom stereocenters. The molecule has 0 fully saturated rings. The van der Waals surface area contributed by atoms with Crippen LogP contribution in [0.15, 0.2) is 18.3 Å². The van der Waals surface area contributed by atoms with E-state index in [1.54, 1.807) is 6.20 Å². The standard InChI is InChI=1S/C14H21ClN2OSi/c1-14(2,3)19(4,5)18-9-12-7-10-6-11(15)8-16-13(10)17-12/h6-8H,9H2,1-5H3,(H,16,17). The highest BCUT2D eigenvalue weighted by atomic mass is 35.5. The molecule has 0 saturated heterocycles. The zero-order chi connectivity index (χ0) is 14.3. The van der Waals surface area contributed by atoms with Crippen LogP contribution in [0.1, 0.15) is 26.5 Å². The van der Waals surface area contributed by atoms with Crippen LogP contribution in [-0.4, -0.2) is 18.3 Å². The summed E-state index contributed by atoms with van der Waals surface area (Å²) in [5, 5.41) is 1.91. The number of H-pyrrole nitrogens is 1. The summed E-state index contributed by atoms with van der Waals surface area (Å²) in [5.41, 5.74) is 1.91. The van der Waals surface area contributed by atoms with Gasteiger partial charge in [0.2, 0.25) is 0 Å². The van der Waals surface area contributed by atoms with Crippen LogP contribution in [0, 0.1) is 0 Å². The van der Waals surface area contributed by atoms with Crippen molar-refractivity contribution in [3.8, 4) is 0 Å². The van der Waals surface area contributed by atoms with E-state index < -0.39 is 8.32 Å². The average molecular weight is 297 g/mol. The fourth-order valence-corrected chi connectivity index (χ4v) is 2.71. The van der Waals surface area contributed by atoms with Crippen molar-refractivity contribution < 1.29 is 4.43 Å². The molecule has 0 radical (unpaired) electrons. The lowest BCUT2D eigenvalue weighted by molar-refractivity contribution is 0.273. The Morgan fingerprint density at radius 2 is 2.00 bits per heavy atom. The maximum Gasteiger partial charge on any atom is 0.192 e. The van der Waals surface area contributed by atoms with Crippen molar-refractivity contribution in [2.75, 3.05) is 0 Å². The number of aromatic nitrogens is 2. The van der Waals surface area contributed by atoms with E-state index in [1.165, 1.54) is 0 Å². The predicted molar refractivity (Wildman–Crippen MR) is 83.1 cm³/mol. The van der Waals surface area contributed by atoms with Crippen LogP contribution in [0.5, 0.6) is 0 Å². The lowest BCUT2D eigenvalue weighted by atomic mass is 10.2. The van der Waals surface area contributed by atoms with Crippen molar-refractivity contribution in [2.24, 2.45) is 0 Å². The second-order valence-corrected chi connectivity index (χ2v) is 11.7. The van der Waals surface area contributed by atoms with Gasteiger partial charge in [0.1, 0.15) is 5.65 Å². The van der Waals surface area contributed by atoms with E-state index in [1.807, 2.05) is 6.07 Å². The quantitative estimate of drug-likeness (QED) is 0.831. The van der Waals surface area contributed by atoms with E-state index in [0.29, 0.717) is 11.6 Å². The summed E-state index contributed by atoms with van der Waals surface area (Å²) in [4.78, 5) is 7.54. The lowest BCUT2D eigenvalue weighted by Gasteiger charge is -2.36. The molecule has 0 aromatic carbocycles. The highest BCUT2D eigenvalue weighted by Gasteiger charge is 2.37. The number of halogens is 1. The maximum absolute atomic E-state index is 6.19. The van der Waals surface area contributed by atoms with Crippen LogP contribution in [0.25, 0.3) is 11.0 Å². The Hall–Kier alpha value is -0.843. The molecule has 0 bridgehead atoms. The van der Waals surface area contributed by atoms with Crippen LogP contribution >= 0.6 is 11.6 Å². The zero-order valence-electron chi connectivity index (χ0n) is 12.2. The van der Waals surface area contributed by atoms with E-state index >= 15 is 0 Å². The normalized spacial score (nSPS) is 13.2. The number of nitrogens with zero attached hydrogens (tertiary/aromatic N) is 1. The molecular weight excluding hydrogens is 276 g/mol. The summed E-state index contributed by atoms with van der Waals surface area (Å²) >= 11 is 5.94. The van der Waals surface area contributed by atoms with Gasteiger partial charge in [-0.15, -0.1) is 0 Å². The fraction of sp³-hybridized carbons (Fsp3) is 0.500. The SMILES string of the molecule is CC(C)(C)[Si](C)(C)OCc1cc2cc(Cl)cnc2[nH]1. The Morgan fingerprint density at radius 3 is 2.63 bits per heavy atom. The third-order valence-electron chi connectivity index (χ3n) is 3.89. The van der Waals surface area contributed by atoms with Gasteiger partial charge in [-0.05, 0) is 30.3 Å². The molecule has 3 nitrogen and oxygen atoms in total. The number of aromatic amines is 1. The van der Waals surface area contributed by atoms with E-state index in [4.69, 9.17) is 16.0 Å². The molecule has 2 heterocycles. The van der Waals surface area contributed by atoms with E-state index in [2.05, 4.69) is 49.9 Å². The van der Waals surface area contributed by atoms with Crippen molar-refractivity contribution in [3.63, 3.8) is 0 Å². The highest BCUT2D eigenvalue weighted by molar-refractivity contribution is 6.74. The molecule has 2 aromatic heterocycles. The molecule has 5 heteroatoms. The molecular formula is C14H21ClN2OSi. The Labute approximate surface area is 120 Å². The zero-order valence-corrected chi connectivity index (χ0v) is 13.9. The summed E-state index contributed by atoms with van der Waals surface area (Å²) in [6.07, 6.45) is 1.65. The molecule has 19 heavy (non-hydrogen) atoms. The summed E-state index contributed by atoms with van der Waals surface area (Å²) in [7, 11) is -1.71. The minimum absolute atomic E-state index is 0.223. The molecule has 2 rings (SSSR count). The molecule has 0 spiro atoms. The molecule has 1 N–H and O–H groups in total. The Bertz CT molecular complexity index is 587. The van der Waals surface area contributed by atoms with Gasteiger partial charge in [-0.2, -0.15) is 0 Å². The number of pyridine rings is 1. The van der Waals surface area contributed by atoms with Gasteiger partial charge in [0, 0.05) is 17.3 Å². The molecule has 0 aliphatic carbocycles. The van der Waals surface area contributed by atoms with Crippen molar-refractivity contribution in [1.29, 1.82) is 0 Å². The van der Waals surface area contributed by atoms with Crippen molar-refractivity contribution >= 4 is 31.0 Å². The lowest BCUT2D eigenvalue weighted by Crippen LogP contribution is -2.40. The van der Waals surface area contributed by atoms with Crippen LogP contribution in [0.4, 0.5) is 0 Å². The van der Waals surface area contributed by atoms with Crippen molar-refractivity contribution in [1.82, 2.24) is 9.97 Å². The van der Waals surface area contributed by atoms with Crippen LogP contribution in [0.2, 0.25) is 23.2 Å². The number of hydrogen-bond acceptors (Lipinski definition) is 2. The molecule has 2 aromatic rings. The topological polar surface area (TPSA) is 37.9 Å². The van der Waals surface area contributed by atoms with Gasteiger partial charge in [0.25, 0.3) is 0 Å². The van der Waals surface area contributed by atoms with Crippen LogP contribution in [-0.2, 0) is 11.0 Å². The molecule has 0 aliphatic rings. The van der Waals surface area contributed by atoms with Crippen molar-refractivity contribution in [3.05, 3.63) is 29.0 Å². The number of fused-ring (bicyclic) bond motifs is 1. The minimum atomic E-state index is -1.71. The monoisotopic (exact) mass is 296 g/mol. The van der Waals surface area contributed by atoms with Gasteiger partial charge in [0.05, 0.1) is 11.6 Å². The summed E-state index contributed by atoms with van der Waals surface area (Å²) in [5.74, 6) is 0. The van der Waals surface area contributed by atoms with Gasteiger partial charge in [-0.1, -0.05) is 32.4 Å². The van der Waals surface area contributed by atoms with Crippen LogP contribution in [0.3, 0.4) is 0 Å². The number of hydrogen-bond donors (Lipinski definition) is 1. The van der Waals surface area contributed by atoms with E-state index in [0.717, 1.165) is 16.7 Å². The molecule has 0 unspecified atom stereocenters. The number of nitrogens with one attached hydrogen (secondary N) is 1. The first-order valence-electron chi connectivity index (χ1n) is 6.46. The molecule has 0 saturated carbocycles. The first-order chi connectivity index (χ1) is 8.69. The van der Waals surface area contributed by atoms with E-state index in [-0.39, 0.29) is 5.04 Å². The number of rotatable bonds is 3.